The molecule has 26 heavy (non-hydrogen) atoms. The van der Waals surface area contributed by atoms with Crippen molar-refractivity contribution >= 4 is 17.5 Å². The van der Waals surface area contributed by atoms with Crippen LogP contribution in [0.4, 0.5) is 14.5 Å². The van der Waals surface area contributed by atoms with Gasteiger partial charge in [0.1, 0.15) is 29.0 Å². The summed E-state index contributed by atoms with van der Waals surface area (Å²) in [6.45, 7) is 3.44. The van der Waals surface area contributed by atoms with Gasteiger partial charge in [0.05, 0.1) is 7.11 Å². The van der Waals surface area contributed by atoms with Crippen LogP contribution in [0, 0.1) is 17.6 Å². The van der Waals surface area contributed by atoms with Gasteiger partial charge >= 0.3 is 0 Å². The molecule has 0 bridgehead atoms. The minimum atomic E-state index is -0.986. The van der Waals surface area contributed by atoms with Crippen LogP contribution in [-0.4, -0.2) is 25.0 Å². The van der Waals surface area contributed by atoms with Crippen LogP contribution < -0.4 is 15.4 Å². The van der Waals surface area contributed by atoms with E-state index in [4.69, 9.17) is 4.74 Å². The van der Waals surface area contributed by atoms with Crippen LogP contribution in [0.3, 0.4) is 0 Å². The molecule has 0 aliphatic rings. The molecule has 138 valence electrons. The number of hydrogen-bond acceptors (Lipinski definition) is 3. The van der Waals surface area contributed by atoms with Gasteiger partial charge in [0.25, 0.3) is 5.91 Å². The minimum absolute atomic E-state index is 0.299. The molecule has 0 aliphatic carbocycles. The first-order valence-corrected chi connectivity index (χ1v) is 8.03. The van der Waals surface area contributed by atoms with Gasteiger partial charge in [-0.3, -0.25) is 9.59 Å². The largest absolute Gasteiger partial charge is 0.497 e. The van der Waals surface area contributed by atoms with E-state index in [9.17, 15) is 18.4 Å². The van der Waals surface area contributed by atoms with Gasteiger partial charge in [-0.2, -0.15) is 0 Å². The van der Waals surface area contributed by atoms with Crippen LogP contribution >= 0.6 is 0 Å². The molecular weight excluding hydrogens is 342 g/mol. The van der Waals surface area contributed by atoms with E-state index >= 15 is 0 Å². The molecule has 2 N–H and O–H groups in total. The van der Waals surface area contributed by atoms with Crippen molar-refractivity contribution in [3.8, 4) is 5.75 Å². The number of carbonyl (C=O) groups excluding carboxylic acids is 2. The first-order chi connectivity index (χ1) is 12.3. The maximum absolute atomic E-state index is 13.8. The molecule has 0 saturated carbocycles. The molecule has 0 aromatic heterocycles. The van der Waals surface area contributed by atoms with Gasteiger partial charge in [-0.1, -0.05) is 19.9 Å². The van der Waals surface area contributed by atoms with E-state index in [2.05, 4.69) is 10.6 Å². The standard InChI is InChI=1S/C19H20F2N2O3/c1-11(2)17(19(25)22-12-7-9-13(26-3)10-8-12)23-18(24)16-14(20)5-4-6-15(16)21/h4-11,17H,1-3H3,(H,22,25)(H,23,24). The van der Waals surface area contributed by atoms with Crippen LogP contribution in [0.25, 0.3) is 0 Å². The molecule has 1 unspecified atom stereocenters. The summed E-state index contributed by atoms with van der Waals surface area (Å²) in [5.41, 5.74) is -0.205. The Morgan fingerprint density at radius 2 is 1.58 bits per heavy atom. The van der Waals surface area contributed by atoms with Gasteiger partial charge in [-0.05, 0) is 42.3 Å². The first kappa shape index (κ1) is 19.4. The number of hydrogen-bond donors (Lipinski definition) is 2. The number of amides is 2. The molecule has 1 atom stereocenters. The Morgan fingerprint density at radius 1 is 1.00 bits per heavy atom. The van der Waals surface area contributed by atoms with Gasteiger partial charge in [-0.15, -0.1) is 0 Å². The molecular formula is C19H20F2N2O3. The number of nitrogens with one attached hydrogen (secondary N) is 2. The summed E-state index contributed by atoms with van der Waals surface area (Å²) in [5.74, 6) is -3.11. The average Bonchev–Trinajstić information content (AvgIpc) is 2.59. The van der Waals surface area contributed by atoms with E-state index < -0.39 is 35.1 Å². The van der Waals surface area contributed by atoms with E-state index in [-0.39, 0.29) is 5.92 Å². The molecule has 2 aromatic carbocycles. The highest BCUT2D eigenvalue weighted by Gasteiger charge is 2.27. The second-order valence-corrected chi connectivity index (χ2v) is 6.01. The molecule has 0 fully saturated rings. The Bertz CT molecular complexity index is 772. The van der Waals surface area contributed by atoms with Crippen molar-refractivity contribution in [1.82, 2.24) is 5.32 Å². The Hall–Kier alpha value is -2.96. The number of rotatable bonds is 6. The lowest BCUT2D eigenvalue weighted by molar-refractivity contribution is -0.118. The summed E-state index contributed by atoms with van der Waals surface area (Å²) in [6, 6.07) is 8.81. The lowest BCUT2D eigenvalue weighted by Gasteiger charge is -2.22. The first-order valence-electron chi connectivity index (χ1n) is 8.03. The summed E-state index contributed by atoms with van der Waals surface area (Å²) < 4.78 is 32.6. The average molecular weight is 362 g/mol. The van der Waals surface area contributed by atoms with Crippen molar-refractivity contribution < 1.29 is 23.1 Å². The predicted octanol–water partition coefficient (Wildman–Crippen LogP) is 3.37. The molecule has 5 nitrogen and oxygen atoms in total. The van der Waals surface area contributed by atoms with Crippen molar-refractivity contribution in [1.29, 1.82) is 0 Å². The predicted molar refractivity (Wildman–Crippen MR) is 94.1 cm³/mol. The van der Waals surface area contributed by atoms with Crippen molar-refractivity contribution in [2.75, 3.05) is 12.4 Å². The normalized spacial score (nSPS) is 11.8. The number of anilines is 1. The van der Waals surface area contributed by atoms with Gasteiger partial charge in [-0.25, -0.2) is 8.78 Å². The molecule has 0 radical (unpaired) electrons. The summed E-state index contributed by atoms with van der Waals surface area (Å²) >= 11 is 0. The molecule has 0 heterocycles. The van der Waals surface area contributed by atoms with Gasteiger partial charge in [0, 0.05) is 5.69 Å². The SMILES string of the molecule is COc1ccc(NC(=O)C(NC(=O)c2c(F)cccc2F)C(C)C)cc1. The zero-order valence-electron chi connectivity index (χ0n) is 14.7. The van der Waals surface area contributed by atoms with Crippen molar-refractivity contribution in [3.05, 3.63) is 59.7 Å². The van der Waals surface area contributed by atoms with Crippen molar-refractivity contribution in [2.24, 2.45) is 5.92 Å². The van der Waals surface area contributed by atoms with Gasteiger partial charge < -0.3 is 15.4 Å². The topological polar surface area (TPSA) is 67.4 Å². The third-order valence-corrected chi connectivity index (χ3v) is 3.78. The molecule has 0 spiro atoms. The van der Waals surface area contributed by atoms with Gasteiger partial charge in [0.2, 0.25) is 5.91 Å². The summed E-state index contributed by atoms with van der Waals surface area (Å²) in [6.07, 6.45) is 0. The monoisotopic (exact) mass is 362 g/mol. The fraction of sp³-hybridized carbons (Fsp3) is 0.263. The molecule has 0 aliphatic heterocycles. The van der Waals surface area contributed by atoms with E-state index in [0.29, 0.717) is 11.4 Å². The lowest BCUT2D eigenvalue weighted by atomic mass is 10.0. The number of methoxy groups -OCH3 is 1. The number of benzene rings is 2. The van der Waals surface area contributed by atoms with Crippen LogP contribution in [0.2, 0.25) is 0 Å². The molecule has 2 rings (SSSR count). The zero-order valence-corrected chi connectivity index (χ0v) is 14.7. The van der Waals surface area contributed by atoms with Crippen LogP contribution in [-0.2, 0) is 4.79 Å². The number of carbonyl (C=O) groups is 2. The number of ether oxygens (including phenoxy) is 1. The van der Waals surface area contributed by atoms with E-state index in [1.165, 1.54) is 7.11 Å². The lowest BCUT2D eigenvalue weighted by Crippen LogP contribution is -2.47. The highest BCUT2D eigenvalue weighted by atomic mass is 19.1. The highest BCUT2D eigenvalue weighted by molar-refractivity contribution is 6.01. The third-order valence-electron chi connectivity index (χ3n) is 3.78. The molecule has 0 saturated heterocycles. The van der Waals surface area contributed by atoms with E-state index in [0.717, 1.165) is 18.2 Å². The zero-order chi connectivity index (χ0) is 19.3. The highest BCUT2D eigenvalue weighted by Crippen LogP contribution is 2.17. The smallest absolute Gasteiger partial charge is 0.257 e. The number of halogens is 2. The van der Waals surface area contributed by atoms with Crippen molar-refractivity contribution in [3.63, 3.8) is 0 Å². The fourth-order valence-electron chi connectivity index (χ4n) is 2.36. The quantitative estimate of drug-likeness (QED) is 0.828. The van der Waals surface area contributed by atoms with E-state index in [1.807, 2.05) is 0 Å². The Morgan fingerprint density at radius 3 is 2.08 bits per heavy atom. The maximum Gasteiger partial charge on any atom is 0.257 e. The summed E-state index contributed by atoms with van der Waals surface area (Å²) in [5, 5.41) is 5.07. The van der Waals surface area contributed by atoms with Crippen LogP contribution in [0.15, 0.2) is 42.5 Å². The summed E-state index contributed by atoms with van der Waals surface area (Å²) in [4.78, 5) is 24.8. The second kappa shape index (κ2) is 8.42. The maximum atomic E-state index is 13.8. The molecule has 7 heteroatoms. The van der Waals surface area contributed by atoms with E-state index in [1.54, 1.807) is 38.1 Å². The Kier molecular flexibility index (Phi) is 6.27. The molecule has 2 amide bonds. The summed E-state index contributed by atoms with van der Waals surface area (Å²) in [7, 11) is 1.53. The van der Waals surface area contributed by atoms with Crippen molar-refractivity contribution in [2.45, 2.75) is 19.9 Å². The molecule has 2 aromatic rings. The van der Waals surface area contributed by atoms with Crippen LogP contribution in [0.5, 0.6) is 5.75 Å². The minimum Gasteiger partial charge on any atom is -0.497 e. The van der Waals surface area contributed by atoms with Gasteiger partial charge in [0.15, 0.2) is 0 Å². The fourth-order valence-corrected chi connectivity index (χ4v) is 2.36. The Labute approximate surface area is 150 Å². The van der Waals surface area contributed by atoms with Crippen LogP contribution in [0.1, 0.15) is 24.2 Å². The third kappa shape index (κ3) is 4.56. The second-order valence-electron chi connectivity index (χ2n) is 6.01. The Balaban J connectivity index is 2.14.